The molecule has 5 heteroatoms. The Balaban J connectivity index is 1.28. The van der Waals surface area contributed by atoms with Gasteiger partial charge in [0.2, 0.25) is 5.88 Å². The average molecular weight is 345 g/mol. The summed E-state index contributed by atoms with van der Waals surface area (Å²) in [5.41, 5.74) is 0. The smallest absolute Gasteiger partial charge is 0.213 e. The number of likely N-dealkylation sites (tertiary alicyclic amines) is 1. The molecule has 0 spiro atoms. The van der Waals surface area contributed by atoms with E-state index in [1.54, 1.807) is 6.20 Å². The minimum Gasteiger partial charge on any atom is -0.470 e. The second kappa shape index (κ2) is 8.47. The molecule has 3 fully saturated rings. The van der Waals surface area contributed by atoms with Crippen LogP contribution in [-0.4, -0.2) is 60.4 Å². The summed E-state index contributed by atoms with van der Waals surface area (Å²) < 4.78 is 11.8. The molecule has 0 amide bonds. The van der Waals surface area contributed by atoms with Gasteiger partial charge in [0.25, 0.3) is 0 Å². The first-order chi connectivity index (χ1) is 12.4. The van der Waals surface area contributed by atoms with Gasteiger partial charge >= 0.3 is 0 Å². The lowest BCUT2D eigenvalue weighted by Crippen LogP contribution is -2.55. The first-order valence-electron chi connectivity index (χ1n) is 10.0. The summed E-state index contributed by atoms with van der Waals surface area (Å²) in [4.78, 5) is 7.03. The van der Waals surface area contributed by atoms with Gasteiger partial charge in [-0.1, -0.05) is 18.9 Å². The van der Waals surface area contributed by atoms with Gasteiger partial charge in [0.05, 0.1) is 6.61 Å². The molecule has 2 atom stereocenters. The van der Waals surface area contributed by atoms with Crippen molar-refractivity contribution in [3.63, 3.8) is 0 Å². The Kier molecular flexibility index (Phi) is 5.85. The minimum absolute atomic E-state index is 0.0523. The Morgan fingerprint density at radius 2 is 1.92 bits per heavy atom. The molecule has 0 aromatic carbocycles. The molecule has 0 radical (unpaired) electrons. The number of pyridine rings is 1. The lowest BCUT2D eigenvalue weighted by Gasteiger charge is -2.40. The van der Waals surface area contributed by atoms with Crippen LogP contribution >= 0.6 is 0 Å². The van der Waals surface area contributed by atoms with Crippen LogP contribution < -0.4 is 10.1 Å². The highest BCUT2D eigenvalue weighted by atomic mass is 16.5. The van der Waals surface area contributed by atoms with E-state index in [-0.39, 0.29) is 6.10 Å². The summed E-state index contributed by atoms with van der Waals surface area (Å²) in [6.07, 6.45) is 11.0. The predicted octanol–water partition coefficient (Wildman–Crippen LogP) is 2.61. The Morgan fingerprint density at radius 1 is 1.08 bits per heavy atom. The van der Waals surface area contributed by atoms with Crippen molar-refractivity contribution in [1.29, 1.82) is 0 Å². The average Bonchev–Trinajstić information content (AvgIpc) is 3.20. The number of rotatable bonds is 5. The summed E-state index contributed by atoms with van der Waals surface area (Å²) in [5, 5.41) is 3.88. The monoisotopic (exact) mass is 345 g/mol. The van der Waals surface area contributed by atoms with Crippen LogP contribution in [-0.2, 0) is 4.74 Å². The van der Waals surface area contributed by atoms with Crippen LogP contribution in [0.5, 0.6) is 5.88 Å². The summed E-state index contributed by atoms with van der Waals surface area (Å²) in [7, 11) is 0. The van der Waals surface area contributed by atoms with Crippen LogP contribution in [0.25, 0.3) is 0 Å². The van der Waals surface area contributed by atoms with Crippen molar-refractivity contribution >= 4 is 0 Å². The van der Waals surface area contributed by atoms with Crippen molar-refractivity contribution in [2.45, 2.75) is 69.2 Å². The Bertz CT molecular complexity index is 513. The molecule has 0 bridgehead atoms. The molecule has 1 aliphatic carbocycles. The van der Waals surface area contributed by atoms with E-state index < -0.39 is 0 Å². The first-order valence-corrected chi connectivity index (χ1v) is 10.0. The maximum Gasteiger partial charge on any atom is 0.213 e. The molecule has 5 nitrogen and oxygen atoms in total. The van der Waals surface area contributed by atoms with Crippen LogP contribution in [0.2, 0.25) is 0 Å². The number of ether oxygens (including phenoxy) is 2. The topological polar surface area (TPSA) is 46.6 Å². The standard InChI is InChI=1S/C20H31N3O2/c1-2-6-17(5-1)23-12-8-16(9-13-23)22-18-10-14-24-15-19(18)25-20-7-3-4-11-21-20/h3-4,7,11,16-19,22H,1-2,5-6,8-10,12-15H2. The van der Waals surface area contributed by atoms with Crippen LogP contribution in [0.4, 0.5) is 0 Å². The molecular weight excluding hydrogens is 314 g/mol. The third-order valence-corrected chi connectivity index (χ3v) is 6.03. The third kappa shape index (κ3) is 4.52. The number of nitrogens with one attached hydrogen (secondary N) is 1. The molecule has 25 heavy (non-hydrogen) atoms. The van der Waals surface area contributed by atoms with Gasteiger partial charge in [0.1, 0.15) is 6.10 Å². The Hall–Kier alpha value is -1.17. The van der Waals surface area contributed by atoms with Gasteiger partial charge in [-0.25, -0.2) is 4.98 Å². The van der Waals surface area contributed by atoms with Crippen LogP contribution in [0.15, 0.2) is 24.4 Å². The zero-order valence-corrected chi connectivity index (χ0v) is 15.1. The first kappa shape index (κ1) is 17.3. The number of piperidine rings is 1. The Labute approximate surface area is 151 Å². The molecule has 1 aromatic heterocycles. The van der Waals surface area contributed by atoms with E-state index in [0.29, 0.717) is 24.6 Å². The highest BCUT2D eigenvalue weighted by Gasteiger charge is 2.32. The summed E-state index contributed by atoms with van der Waals surface area (Å²) in [5.74, 6) is 0.695. The molecule has 2 aliphatic heterocycles. The van der Waals surface area contributed by atoms with E-state index in [1.165, 1.54) is 51.6 Å². The second-order valence-corrected chi connectivity index (χ2v) is 7.71. The van der Waals surface area contributed by atoms with E-state index in [9.17, 15) is 0 Å². The van der Waals surface area contributed by atoms with Crippen molar-refractivity contribution in [2.75, 3.05) is 26.3 Å². The van der Waals surface area contributed by atoms with E-state index in [2.05, 4.69) is 15.2 Å². The molecule has 2 saturated heterocycles. The third-order valence-electron chi connectivity index (χ3n) is 6.03. The maximum atomic E-state index is 6.10. The van der Waals surface area contributed by atoms with E-state index in [1.807, 2.05) is 18.2 Å². The lowest BCUT2D eigenvalue weighted by molar-refractivity contribution is -0.0217. The van der Waals surface area contributed by atoms with Gasteiger partial charge in [-0.2, -0.15) is 0 Å². The number of hydrogen-bond donors (Lipinski definition) is 1. The fourth-order valence-corrected chi connectivity index (χ4v) is 4.59. The molecule has 2 unspecified atom stereocenters. The molecule has 1 N–H and O–H groups in total. The van der Waals surface area contributed by atoms with Gasteiger partial charge < -0.3 is 19.7 Å². The normalized spacial score (nSPS) is 29.8. The van der Waals surface area contributed by atoms with Gasteiger partial charge in [-0.15, -0.1) is 0 Å². The molecule has 1 aromatic rings. The van der Waals surface area contributed by atoms with Gasteiger partial charge in [-0.05, 0) is 51.3 Å². The van der Waals surface area contributed by atoms with E-state index >= 15 is 0 Å². The largest absolute Gasteiger partial charge is 0.470 e. The number of nitrogens with zero attached hydrogens (tertiary/aromatic N) is 2. The van der Waals surface area contributed by atoms with Crippen LogP contribution in [0, 0.1) is 0 Å². The zero-order chi connectivity index (χ0) is 16.9. The molecule has 1 saturated carbocycles. The predicted molar refractivity (Wildman–Crippen MR) is 97.9 cm³/mol. The Morgan fingerprint density at radius 3 is 2.68 bits per heavy atom. The van der Waals surface area contributed by atoms with Crippen molar-refractivity contribution < 1.29 is 9.47 Å². The minimum atomic E-state index is 0.0523. The summed E-state index contributed by atoms with van der Waals surface area (Å²) in [6.45, 7) is 3.96. The van der Waals surface area contributed by atoms with Crippen molar-refractivity contribution in [3.05, 3.63) is 24.4 Å². The number of aromatic nitrogens is 1. The molecule has 3 aliphatic rings. The van der Waals surface area contributed by atoms with Crippen molar-refractivity contribution in [3.8, 4) is 5.88 Å². The van der Waals surface area contributed by atoms with Gasteiger partial charge in [0, 0.05) is 37.0 Å². The lowest BCUT2D eigenvalue weighted by atomic mass is 9.98. The van der Waals surface area contributed by atoms with Crippen LogP contribution in [0.1, 0.15) is 44.9 Å². The van der Waals surface area contributed by atoms with Gasteiger partial charge in [0.15, 0.2) is 0 Å². The molecule has 138 valence electrons. The molecule has 3 heterocycles. The SMILES string of the molecule is c1ccc(OC2COCCC2NC2CCN(C3CCCC3)CC2)nc1. The summed E-state index contributed by atoms with van der Waals surface area (Å²) >= 11 is 0. The molecule has 4 rings (SSSR count). The van der Waals surface area contributed by atoms with Crippen molar-refractivity contribution in [1.82, 2.24) is 15.2 Å². The highest BCUT2D eigenvalue weighted by molar-refractivity contribution is 5.10. The van der Waals surface area contributed by atoms with Gasteiger partial charge in [-0.3, -0.25) is 0 Å². The molecular formula is C20H31N3O2. The quantitative estimate of drug-likeness (QED) is 0.889. The fraction of sp³-hybridized carbons (Fsp3) is 0.750. The van der Waals surface area contributed by atoms with Crippen LogP contribution in [0.3, 0.4) is 0 Å². The highest BCUT2D eigenvalue weighted by Crippen LogP contribution is 2.26. The second-order valence-electron chi connectivity index (χ2n) is 7.71. The number of hydrogen-bond acceptors (Lipinski definition) is 5. The zero-order valence-electron chi connectivity index (χ0n) is 15.1. The van der Waals surface area contributed by atoms with Crippen molar-refractivity contribution in [2.24, 2.45) is 0 Å². The van der Waals surface area contributed by atoms with E-state index in [4.69, 9.17) is 9.47 Å². The fourth-order valence-electron chi connectivity index (χ4n) is 4.59. The summed E-state index contributed by atoms with van der Waals surface area (Å²) in [6, 6.07) is 7.63. The maximum absolute atomic E-state index is 6.10. The van der Waals surface area contributed by atoms with E-state index in [0.717, 1.165) is 19.1 Å².